The molecule has 2 aromatic rings. The van der Waals surface area contributed by atoms with Crippen LogP contribution in [0.4, 0.5) is 5.69 Å². The van der Waals surface area contributed by atoms with Crippen molar-refractivity contribution in [2.24, 2.45) is 0 Å². The summed E-state index contributed by atoms with van der Waals surface area (Å²) < 4.78 is 6.37. The summed E-state index contributed by atoms with van der Waals surface area (Å²) in [7, 11) is 0. The molecule has 0 unspecified atom stereocenters. The average molecular weight is 341 g/mol. The molecule has 1 heterocycles. The van der Waals surface area contributed by atoms with Crippen LogP contribution in [0.3, 0.4) is 0 Å². The van der Waals surface area contributed by atoms with Gasteiger partial charge in [-0.1, -0.05) is 30.5 Å². The highest BCUT2D eigenvalue weighted by atomic mass is 16.5. The molecule has 1 N–H and O–H groups in total. The number of rotatable bonds is 5. The summed E-state index contributed by atoms with van der Waals surface area (Å²) in [4.78, 5) is 24.9. The lowest BCUT2D eigenvalue weighted by Crippen LogP contribution is -2.27. The van der Waals surface area contributed by atoms with Gasteiger partial charge in [-0.15, -0.1) is 0 Å². The first-order chi connectivity index (χ1) is 12.1. The Hall–Kier alpha value is -2.63. The first-order valence-electron chi connectivity index (χ1n) is 8.73. The number of nitrogens with one attached hydrogen (secondary N) is 1. The number of aryl methyl sites for hydroxylation is 1. The lowest BCUT2D eigenvalue weighted by molar-refractivity contribution is 0.0518. The quantitative estimate of drug-likeness (QED) is 0.846. The van der Waals surface area contributed by atoms with Crippen LogP contribution in [-0.2, 0) is 4.74 Å². The summed E-state index contributed by atoms with van der Waals surface area (Å²) in [5.74, 6) is -0.524. The number of aromatic nitrogens is 2. The summed E-state index contributed by atoms with van der Waals surface area (Å²) in [6, 6.07) is 9.13. The van der Waals surface area contributed by atoms with E-state index in [9.17, 15) is 9.59 Å². The molecule has 0 saturated heterocycles. The smallest absolute Gasteiger partial charge is 0.360 e. The van der Waals surface area contributed by atoms with E-state index in [4.69, 9.17) is 4.74 Å². The molecule has 3 rings (SSSR count). The third kappa shape index (κ3) is 3.90. The topological polar surface area (TPSA) is 73.2 Å². The maximum atomic E-state index is 12.5. The number of anilines is 1. The van der Waals surface area contributed by atoms with E-state index in [1.165, 1.54) is 10.7 Å². The summed E-state index contributed by atoms with van der Waals surface area (Å²) in [5.41, 5.74) is 2.03. The number of ether oxygens (including phenoxy) is 1. The van der Waals surface area contributed by atoms with Crippen molar-refractivity contribution < 1.29 is 9.53 Å². The van der Waals surface area contributed by atoms with Crippen LogP contribution in [-0.4, -0.2) is 28.4 Å². The lowest BCUT2D eigenvalue weighted by atomic mass is 10.2. The molecule has 1 aromatic carbocycles. The Labute approximate surface area is 146 Å². The molecule has 0 spiro atoms. The van der Waals surface area contributed by atoms with Gasteiger partial charge in [0.25, 0.3) is 5.56 Å². The maximum Gasteiger partial charge on any atom is 0.360 e. The standard InChI is InChI=1S/C19H23N3O3/c1-3-25-19(24)18-16(20-14-6-4-5-7-14)12-17(23)22(21-18)15-10-8-13(2)9-11-15/h8-12,14,20H,3-7H2,1-2H3. The van der Waals surface area contributed by atoms with Crippen molar-refractivity contribution in [3.8, 4) is 5.69 Å². The molecule has 0 radical (unpaired) electrons. The van der Waals surface area contributed by atoms with Crippen molar-refractivity contribution in [3.05, 3.63) is 51.9 Å². The Morgan fingerprint density at radius 1 is 1.28 bits per heavy atom. The fraction of sp³-hybridized carbons (Fsp3) is 0.421. The largest absolute Gasteiger partial charge is 0.461 e. The third-order valence-corrected chi connectivity index (χ3v) is 4.39. The molecule has 0 amide bonds. The SMILES string of the molecule is CCOC(=O)c1nn(-c2ccc(C)cc2)c(=O)cc1NC1CCCC1. The number of esters is 1. The zero-order valence-corrected chi connectivity index (χ0v) is 14.6. The predicted molar refractivity (Wildman–Crippen MR) is 96.4 cm³/mol. The van der Waals surface area contributed by atoms with Crippen molar-refractivity contribution >= 4 is 11.7 Å². The summed E-state index contributed by atoms with van der Waals surface area (Å²) in [6.07, 6.45) is 4.37. The normalized spacial score (nSPS) is 14.5. The van der Waals surface area contributed by atoms with Crippen LogP contribution < -0.4 is 10.9 Å². The predicted octanol–water partition coefficient (Wildman–Crippen LogP) is 3.07. The first kappa shape index (κ1) is 17.2. The van der Waals surface area contributed by atoms with E-state index in [-0.39, 0.29) is 23.9 Å². The summed E-state index contributed by atoms with van der Waals surface area (Å²) in [5, 5.41) is 7.60. The van der Waals surface area contributed by atoms with E-state index < -0.39 is 5.97 Å². The minimum atomic E-state index is -0.524. The summed E-state index contributed by atoms with van der Waals surface area (Å²) >= 11 is 0. The van der Waals surface area contributed by atoms with Crippen LogP contribution in [0.2, 0.25) is 0 Å². The molecule has 6 nitrogen and oxygen atoms in total. The second-order valence-corrected chi connectivity index (χ2v) is 6.34. The van der Waals surface area contributed by atoms with Crippen LogP contribution in [0.25, 0.3) is 5.69 Å². The van der Waals surface area contributed by atoms with E-state index in [1.54, 1.807) is 6.92 Å². The molecule has 0 bridgehead atoms. The molecule has 1 saturated carbocycles. The molecule has 0 aliphatic heterocycles. The number of nitrogens with zero attached hydrogens (tertiary/aromatic N) is 2. The van der Waals surface area contributed by atoms with Gasteiger partial charge in [0.1, 0.15) is 0 Å². The number of carbonyl (C=O) groups excluding carboxylic acids is 1. The van der Waals surface area contributed by atoms with Crippen LogP contribution in [0.5, 0.6) is 0 Å². The van der Waals surface area contributed by atoms with Crippen molar-refractivity contribution in [2.75, 3.05) is 11.9 Å². The minimum absolute atomic E-state index is 0.147. The molecule has 1 aromatic heterocycles. The Balaban J connectivity index is 2.02. The van der Waals surface area contributed by atoms with Gasteiger partial charge in [-0.25, -0.2) is 4.79 Å². The zero-order valence-electron chi connectivity index (χ0n) is 14.6. The van der Waals surface area contributed by atoms with Crippen molar-refractivity contribution in [2.45, 2.75) is 45.6 Å². The highest BCUT2D eigenvalue weighted by Gasteiger charge is 2.22. The van der Waals surface area contributed by atoms with Gasteiger partial charge < -0.3 is 10.1 Å². The number of benzene rings is 1. The third-order valence-electron chi connectivity index (χ3n) is 4.39. The molecular weight excluding hydrogens is 318 g/mol. The number of hydrogen-bond acceptors (Lipinski definition) is 5. The van der Waals surface area contributed by atoms with Crippen LogP contribution in [0.1, 0.15) is 48.7 Å². The van der Waals surface area contributed by atoms with Crippen LogP contribution in [0.15, 0.2) is 35.1 Å². The molecule has 1 aliphatic rings. The van der Waals surface area contributed by atoms with Gasteiger partial charge in [0.15, 0.2) is 5.69 Å². The first-order valence-corrected chi connectivity index (χ1v) is 8.73. The zero-order chi connectivity index (χ0) is 17.8. The second kappa shape index (κ2) is 7.51. The van der Waals surface area contributed by atoms with E-state index in [0.29, 0.717) is 11.4 Å². The van der Waals surface area contributed by atoms with E-state index in [2.05, 4.69) is 10.4 Å². The van der Waals surface area contributed by atoms with Crippen molar-refractivity contribution in [1.29, 1.82) is 0 Å². The highest BCUT2D eigenvalue weighted by Crippen LogP contribution is 2.23. The Kier molecular flexibility index (Phi) is 5.16. The van der Waals surface area contributed by atoms with Gasteiger partial charge in [-0.3, -0.25) is 4.79 Å². The number of hydrogen-bond donors (Lipinski definition) is 1. The van der Waals surface area contributed by atoms with Crippen molar-refractivity contribution in [1.82, 2.24) is 9.78 Å². The molecular formula is C19H23N3O3. The van der Waals surface area contributed by atoms with E-state index in [0.717, 1.165) is 31.2 Å². The van der Waals surface area contributed by atoms with E-state index in [1.807, 2.05) is 31.2 Å². The Bertz CT molecular complexity index is 806. The number of carbonyl (C=O) groups is 1. The molecule has 6 heteroatoms. The lowest BCUT2D eigenvalue weighted by Gasteiger charge is -2.17. The fourth-order valence-electron chi connectivity index (χ4n) is 3.08. The van der Waals surface area contributed by atoms with Gasteiger partial charge in [0, 0.05) is 12.1 Å². The van der Waals surface area contributed by atoms with Gasteiger partial charge in [0.05, 0.1) is 18.0 Å². The highest BCUT2D eigenvalue weighted by molar-refractivity contribution is 5.93. The molecule has 1 fully saturated rings. The molecule has 0 atom stereocenters. The van der Waals surface area contributed by atoms with Gasteiger partial charge in [0.2, 0.25) is 0 Å². The Morgan fingerprint density at radius 3 is 2.60 bits per heavy atom. The molecule has 132 valence electrons. The second-order valence-electron chi connectivity index (χ2n) is 6.34. The maximum absolute atomic E-state index is 12.5. The average Bonchev–Trinajstić information content (AvgIpc) is 3.09. The van der Waals surface area contributed by atoms with Gasteiger partial charge in [-0.05, 0) is 38.8 Å². The van der Waals surface area contributed by atoms with Gasteiger partial charge >= 0.3 is 5.97 Å². The summed E-state index contributed by atoms with van der Waals surface area (Å²) in [6.45, 7) is 3.98. The molecule has 25 heavy (non-hydrogen) atoms. The minimum Gasteiger partial charge on any atom is -0.461 e. The van der Waals surface area contributed by atoms with E-state index >= 15 is 0 Å². The van der Waals surface area contributed by atoms with Crippen molar-refractivity contribution in [3.63, 3.8) is 0 Å². The molecule has 1 aliphatic carbocycles. The van der Waals surface area contributed by atoms with Crippen LogP contribution >= 0.6 is 0 Å². The fourth-order valence-corrected chi connectivity index (χ4v) is 3.08. The van der Waals surface area contributed by atoms with Gasteiger partial charge in [-0.2, -0.15) is 9.78 Å². The monoisotopic (exact) mass is 341 g/mol. The Morgan fingerprint density at radius 2 is 1.96 bits per heavy atom. The van der Waals surface area contributed by atoms with Crippen LogP contribution in [0, 0.1) is 6.92 Å².